The average molecular weight is 379 g/mol. The second-order valence-electron chi connectivity index (χ2n) is 7.47. The Hall–Kier alpha value is -1.97. The summed E-state index contributed by atoms with van der Waals surface area (Å²) in [5.41, 5.74) is 0.648. The summed E-state index contributed by atoms with van der Waals surface area (Å²) >= 11 is 0. The van der Waals surface area contributed by atoms with Gasteiger partial charge in [-0.1, -0.05) is 13.8 Å². The van der Waals surface area contributed by atoms with E-state index in [1.54, 1.807) is 13.4 Å². The van der Waals surface area contributed by atoms with E-state index in [1.807, 2.05) is 18.2 Å². The van der Waals surface area contributed by atoms with Crippen molar-refractivity contribution in [2.24, 2.45) is 16.5 Å². The first kappa shape index (κ1) is 18.8. The Morgan fingerprint density at radius 3 is 2.65 bits per heavy atom. The molecule has 0 bridgehead atoms. The molecular weight excluding hydrogens is 354 g/mol. The molecule has 0 radical (unpaired) electrons. The lowest BCUT2D eigenvalue weighted by atomic mass is 9.74. The van der Waals surface area contributed by atoms with Crippen LogP contribution in [0.25, 0.3) is 10.9 Å². The number of hydrogen-bond donors (Lipinski definition) is 1. The fourth-order valence-corrected chi connectivity index (χ4v) is 3.85. The fourth-order valence-electron chi connectivity index (χ4n) is 3.34. The summed E-state index contributed by atoms with van der Waals surface area (Å²) in [7, 11) is -0.526. The third-order valence-corrected chi connectivity index (χ3v) is 6.17. The molecule has 0 saturated carbocycles. The van der Waals surface area contributed by atoms with Gasteiger partial charge in [0.2, 0.25) is 0 Å². The molecule has 2 aromatic rings. The van der Waals surface area contributed by atoms with Crippen LogP contribution < -0.4 is 14.8 Å². The molecule has 0 atom stereocenters. The summed E-state index contributed by atoms with van der Waals surface area (Å²) in [6, 6.07) is 5.76. The number of benzene rings is 1. The normalized spacial score (nSPS) is 16.2. The topological polar surface area (TPSA) is 102 Å². The van der Waals surface area contributed by atoms with E-state index in [0.717, 1.165) is 35.6 Å². The molecule has 0 spiro atoms. The van der Waals surface area contributed by atoms with Gasteiger partial charge in [0.05, 0.1) is 12.6 Å². The van der Waals surface area contributed by atoms with Gasteiger partial charge in [-0.05, 0) is 17.5 Å². The molecular formula is C17H25N5O3S. The van der Waals surface area contributed by atoms with Gasteiger partial charge in [0.15, 0.2) is 0 Å². The number of hydrogen-bond acceptors (Lipinski definition) is 6. The van der Waals surface area contributed by atoms with Crippen molar-refractivity contribution >= 4 is 26.9 Å². The van der Waals surface area contributed by atoms with Crippen molar-refractivity contribution in [3.8, 4) is 5.75 Å². The van der Waals surface area contributed by atoms with E-state index >= 15 is 0 Å². The summed E-state index contributed by atoms with van der Waals surface area (Å²) in [5.74, 6) is 2.00. The van der Waals surface area contributed by atoms with E-state index in [-0.39, 0.29) is 5.41 Å². The maximum absolute atomic E-state index is 11.5. The Bertz CT molecular complexity index is 910. The minimum atomic E-state index is -3.67. The van der Waals surface area contributed by atoms with Crippen LogP contribution in [0.5, 0.6) is 5.75 Å². The van der Waals surface area contributed by atoms with Gasteiger partial charge in [0.1, 0.15) is 17.9 Å². The molecule has 1 aromatic carbocycles. The molecule has 3 rings (SSSR count). The van der Waals surface area contributed by atoms with Crippen LogP contribution in [0, 0.1) is 11.3 Å². The van der Waals surface area contributed by atoms with Gasteiger partial charge >= 0.3 is 0 Å². The monoisotopic (exact) mass is 379 g/mol. The summed E-state index contributed by atoms with van der Waals surface area (Å²) in [6.45, 7) is 6.14. The van der Waals surface area contributed by atoms with Crippen LogP contribution in [0.1, 0.15) is 13.8 Å². The van der Waals surface area contributed by atoms with E-state index < -0.39 is 10.2 Å². The predicted molar refractivity (Wildman–Crippen MR) is 101 cm³/mol. The Morgan fingerprint density at radius 2 is 2.04 bits per heavy atom. The van der Waals surface area contributed by atoms with Gasteiger partial charge in [-0.2, -0.15) is 12.7 Å². The highest BCUT2D eigenvalue weighted by Crippen LogP contribution is 2.39. The summed E-state index contributed by atoms with van der Waals surface area (Å²) < 4.78 is 29.4. The second kappa shape index (κ2) is 6.64. The third kappa shape index (κ3) is 3.60. The third-order valence-electron chi connectivity index (χ3n) is 5.17. The van der Waals surface area contributed by atoms with Crippen LogP contribution in [0.2, 0.25) is 0 Å². The Balaban J connectivity index is 1.74. The maximum atomic E-state index is 11.5. The van der Waals surface area contributed by atoms with Crippen molar-refractivity contribution in [3.05, 3.63) is 24.5 Å². The Labute approximate surface area is 154 Å². The van der Waals surface area contributed by atoms with Crippen LogP contribution in [-0.4, -0.2) is 56.5 Å². The first-order valence-electron chi connectivity index (χ1n) is 8.39. The largest absolute Gasteiger partial charge is 0.497 e. The van der Waals surface area contributed by atoms with Gasteiger partial charge in [0, 0.05) is 44.1 Å². The lowest BCUT2D eigenvalue weighted by Gasteiger charge is -2.49. The molecule has 8 nitrogen and oxygen atoms in total. The molecule has 26 heavy (non-hydrogen) atoms. The second-order valence-corrected chi connectivity index (χ2v) is 9.13. The number of nitrogens with two attached hydrogens (primary N) is 1. The van der Waals surface area contributed by atoms with Crippen LogP contribution in [0.4, 0.5) is 5.82 Å². The van der Waals surface area contributed by atoms with E-state index in [2.05, 4.69) is 28.7 Å². The highest BCUT2D eigenvalue weighted by molar-refractivity contribution is 7.86. The predicted octanol–water partition coefficient (Wildman–Crippen LogP) is 1.24. The molecule has 0 unspecified atom stereocenters. The van der Waals surface area contributed by atoms with Crippen molar-refractivity contribution < 1.29 is 13.2 Å². The maximum Gasteiger partial charge on any atom is 0.276 e. The Morgan fingerprint density at radius 1 is 1.35 bits per heavy atom. The molecule has 2 N–H and O–H groups in total. The van der Waals surface area contributed by atoms with E-state index in [1.165, 1.54) is 11.4 Å². The highest BCUT2D eigenvalue weighted by Gasteiger charge is 2.41. The number of methoxy groups -OCH3 is 1. The summed E-state index contributed by atoms with van der Waals surface area (Å²) in [6.07, 6.45) is 1.56. The fraction of sp³-hybridized carbons (Fsp3) is 0.529. The lowest BCUT2D eigenvalue weighted by molar-refractivity contribution is 0.144. The zero-order valence-corrected chi connectivity index (χ0v) is 16.3. The number of aromatic nitrogens is 2. The van der Waals surface area contributed by atoms with Crippen molar-refractivity contribution in [1.82, 2.24) is 14.3 Å². The average Bonchev–Trinajstić information content (AvgIpc) is 2.51. The highest BCUT2D eigenvalue weighted by atomic mass is 32.2. The first-order chi connectivity index (χ1) is 12.1. The molecule has 1 aliphatic heterocycles. The van der Waals surface area contributed by atoms with Crippen LogP contribution in [0.15, 0.2) is 24.5 Å². The number of nitrogens with zero attached hydrogens (tertiary/aromatic N) is 4. The molecule has 1 fully saturated rings. The van der Waals surface area contributed by atoms with Gasteiger partial charge in [-0.15, -0.1) is 0 Å². The molecule has 9 heteroatoms. The zero-order valence-electron chi connectivity index (χ0n) is 15.5. The quantitative estimate of drug-likeness (QED) is 0.810. The standard InChI is InChI=1S/C17H25N5O3S/c1-17(2,10-21(3)26(18,23)24)12-8-22(9-12)16-14-6-5-13(25-4)7-15(14)19-11-20-16/h5-7,11-12H,8-10H2,1-4H3,(H2,18,23,24). The number of anilines is 1. The van der Waals surface area contributed by atoms with Crippen LogP contribution >= 0.6 is 0 Å². The van der Waals surface area contributed by atoms with E-state index in [0.29, 0.717) is 12.5 Å². The van der Waals surface area contributed by atoms with Crippen molar-refractivity contribution in [2.75, 3.05) is 38.7 Å². The molecule has 1 aliphatic rings. The summed E-state index contributed by atoms with van der Waals surface area (Å²) in [4.78, 5) is 11.0. The minimum absolute atomic E-state index is 0.191. The molecule has 2 heterocycles. The van der Waals surface area contributed by atoms with Gasteiger partial charge in [-0.25, -0.2) is 15.1 Å². The lowest BCUT2D eigenvalue weighted by Crippen LogP contribution is -2.56. The van der Waals surface area contributed by atoms with Crippen LogP contribution in [-0.2, 0) is 10.2 Å². The van der Waals surface area contributed by atoms with Gasteiger partial charge in [0.25, 0.3) is 10.2 Å². The van der Waals surface area contributed by atoms with E-state index in [4.69, 9.17) is 9.88 Å². The first-order valence-corrected chi connectivity index (χ1v) is 9.90. The zero-order chi connectivity index (χ0) is 19.1. The molecule has 1 aromatic heterocycles. The van der Waals surface area contributed by atoms with Gasteiger partial charge in [-0.3, -0.25) is 0 Å². The van der Waals surface area contributed by atoms with Crippen molar-refractivity contribution in [2.45, 2.75) is 13.8 Å². The molecule has 0 aliphatic carbocycles. The molecule has 142 valence electrons. The summed E-state index contributed by atoms with van der Waals surface area (Å²) in [5, 5.41) is 6.19. The van der Waals surface area contributed by atoms with Crippen molar-refractivity contribution in [1.29, 1.82) is 0 Å². The Kier molecular flexibility index (Phi) is 4.80. The number of rotatable bonds is 6. The van der Waals surface area contributed by atoms with Crippen molar-refractivity contribution in [3.63, 3.8) is 0 Å². The number of ether oxygens (including phenoxy) is 1. The molecule has 0 amide bonds. The smallest absolute Gasteiger partial charge is 0.276 e. The SMILES string of the molecule is COc1ccc2c(N3CC(C(C)(C)CN(C)S(N)(=O)=O)C3)ncnc2c1. The van der Waals surface area contributed by atoms with E-state index in [9.17, 15) is 8.42 Å². The minimum Gasteiger partial charge on any atom is -0.497 e. The number of fused-ring (bicyclic) bond motifs is 1. The van der Waals surface area contributed by atoms with Crippen LogP contribution in [0.3, 0.4) is 0 Å². The molecule has 1 saturated heterocycles. The van der Waals surface area contributed by atoms with Gasteiger partial charge < -0.3 is 9.64 Å².